The van der Waals surface area contributed by atoms with Crippen LogP contribution in [-0.2, 0) is 0 Å². The highest BCUT2D eigenvalue weighted by atomic mass is 16.3. The third-order valence-corrected chi connectivity index (χ3v) is 12.0. The van der Waals surface area contributed by atoms with Crippen LogP contribution in [0.1, 0.15) is 2.74 Å². The molecule has 2 aromatic heterocycles. The van der Waals surface area contributed by atoms with Gasteiger partial charge in [0.1, 0.15) is 11.2 Å². The molecule has 0 saturated carbocycles. The molecule has 12 rings (SSSR count). The van der Waals surface area contributed by atoms with E-state index in [1.165, 1.54) is 10.8 Å². The van der Waals surface area contributed by atoms with Crippen LogP contribution < -0.4 is 0 Å². The maximum absolute atomic E-state index is 9.94. The summed E-state index contributed by atoms with van der Waals surface area (Å²) in [6.07, 6.45) is 0. The SMILES string of the molecule is [2H]c1ccc2oc3c(-c4ccccc4)cc([2H])c(-c4c(-c5nc(-c6ccccc6)nc(-c6ccc(-c7cccc8ccccc78)c(-c7ccccc7)c6)n5)ccc5ccccc45)c3c2c1. The molecule has 0 aliphatic heterocycles. The number of furan rings is 1. The Bertz CT molecular complexity index is 3790. The number of fused-ring (bicyclic) bond motifs is 5. The highest BCUT2D eigenvalue weighted by Gasteiger charge is 2.23. The number of para-hydroxylation sites is 1. The van der Waals surface area contributed by atoms with Crippen molar-refractivity contribution in [1.29, 1.82) is 0 Å². The second kappa shape index (κ2) is 15.2. The van der Waals surface area contributed by atoms with E-state index in [1.807, 2.05) is 97.1 Å². The smallest absolute Gasteiger partial charge is 0.164 e. The zero-order valence-corrected chi connectivity index (χ0v) is 34.0. The van der Waals surface area contributed by atoms with Gasteiger partial charge in [0.05, 0.1) is 2.74 Å². The third-order valence-electron chi connectivity index (χ3n) is 12.0. The van der Waals surface area contributed by atoms with E-state index < -0.39 is 0 Å². The van der Waals surface area contributed by atoms with Crippen molar-refractivity contribution >= 4 is 43.5 Å². The van der Waals surface area contributed by atoms with E-state index in [9.17, 15) is 1.37 Å². The van der Waals surface area contributed by atoms with Crippen LogP contribution in [0, 0.1) is 0 Å². The molecule has 0 radical (unpaired) electrons. The summed E-state index contributed by atoms with van der Waals surface area (Å²) >= 11 is 0. The van der Waals surface area contributed by atoms with Crippen molar-refractivity contribution in [2.24, 2.45) is 0 Å². The molecule has 0 spiro atoms. The van der Waals surface area contributed by atoms with Gasteiger partial charge in [-0.25, -0.2) is 15.0 Å². The van der Waals surface area contributed by atoms with E-state index in [-0.39, 0.29) is 0 Å². The largest absolute Gasteiger partial charge is 0.455 e. The Balaban J connectivity index is 1.14. The molecule has 10 aromatic carbocycles. The highest BCUT2D eigenvalue weighted by Crippen LogP contribution is 2.47. The number of benzene rings is 10. The maximum Gasteiger partial charge on any atom is 0.164 e. The molecule has 0 aliphatic carbocycles. The first-order valence-corrected chi connectivity index (χ1v) is 21.1. The minimum atomic E-state index is 0.320. The molecule has 63 heavy (non-hydrogen) atoms. The first-order valence-electron chi connectivity index (χ1n) is 22.1. The summed E-state index contributed by atoms with van der Waals surface area (Å²) in [6.45, 7) is 0. The Morgan fingerprint density at radius 2 is 0.952 bits per heavy atom. The van der Waals surface area contributed by atoms with Gasteiger partial charge in [-0.3, -0.25) is 0 Å². The van der Waals surface area contributed by atoms with Crippen LogP contribution in [0.2, 0.25) is 0 Å². The molecule has 0 unspecified atom stereocenters. The van der Waals surface area contributed by atoms with Crippen LogP contribution in [0.25, 0.3) is 122 Å². The summed E-state index contributed by atoms with van der Waals surface area (Å²) in [4.78, 5) is 15.9. The van der Waals surface area contributed by atoms with E-state index in [4.69, 9.17) is 20.7 Å². The summed E-state index contributed by atoms with van der Waals surface area (Å²) in [5.41, 5.74) is 11.4. The van der Waals surface area contributed by atoms with E-state index in [0.717, 1.165) is 77.2 Å². The molecule has 0 atom stereocenters. The second-order valence-corrected chi connectivity index (χ2v) is 15.7. The summed E-state index contributed by atoms with van der Waals surface area (Å²) in [7, 11) is 0. The molecule has 0 amide bonds. The second-order valence-electron chi connectivity index (χ2n) is 15.7. The van der Waals surface area contributed by atoms with Crippen molar-refractivity contribution in [2.75, 3.05) is 0 Å². The van der Waals surface area contributed by atoms with E-state index in [2.05, 4.69) is 109 Å². The van der Waals surface area contributed by atoms with E-state index >= 15 is 0 Å². The number of hydrogen-bond acceptors (Lipinski definition) is 4. The van der Waals surface area contributed by atoms with Gasteiger partial charge in [0, 0.05) is 38.6 Å². The molecule has 0 aliphatic rings. The summed E-state index contributed by atoms with van der Waals surface area (Å²) in [6, 6.07) is 72.5. The Hall–Kier alpha value is -8.47. The first kappa shape index (κ1) is 34.3. The molecule has 294 valence electrons. The lowest BCUT2D eigenvalue weighted by atomic mass is 9.88. The molecular formula is C59H37N3O. The quantitative estimate of drug-likeness (QED) is 0.161. The van der Waals surface area contributed by atoms with Gasteiger partial charge in [0.15, 0.2) is 17.5 Å². The lowest BCUT2D eigenvalue weighted by Crippen LogP contribution is -2.02. The first-order chi connectivity index (χ1) is 32.1. The molecule has 4 heteroatoms. The lowest BCUT2D eigenvalue weighted by molar-refractivity contribution is 0.670. The Morgan fingerprint density at radius 1 is 0.349 bits per heavy atom. The van der Waals surface area contributed by atoms with Crippen molar-refractivity contribution in [3.05, 3.63) is 224 Å². The zero-order chi connectivity index (χ0) is 43.4. The van der Waals surface area contributed by atoms with Crippen molar-refractivity contribution < 1.29 is 7.16 Å². The number of rotatable bonds is 7. The summed E-state index contributed by atoms with van der Waals surface area (Å²) in [5, 5.41) is 5.86. The predicted octanol–water partition coefficient (Wildman–Crippen LogP) is 15.7. The van der Waals surface area contributed by atoms with Crippen LogP contribution in [0.4, 0.5) is 0 Å². The topological polar surface area (TPSA) is 51.8 Å². The van der Waals surface area contributed by atoms with Gasteiger partial charge < -0.3 is 4.42 Å². The maximum atomic E-state index is 9.94. The van der Waals surface area contributed by atoms with Gasteiger partial charge in [-0.15, -0.1) is 0 Å². The molecule has 0 saturated heterocycles. The molecular weight excluding hydrogens is 767 g/mol. The average Bonchev–Trinajstić information content (AvgIpc) is 3.74. The van der Waals surface area contributed by atoms with E-state index in [0.29, 0.717) is 46.3 Å². The lowest BCUT2D eigenvalue weighted by Gasteiger charge is -2.17. The van der Waals surface area contributed by atoms with Crippen LogP contribution >= 0.6 is 0 Å². The molecule has 2 heterocycles. The van der Waals surface area contributed by atoms with Crippen molar-refractivity contribution in [3.63, 3.8) is 0 Å². The number of nitrogens with zero attached hydrogens (tertiary/aromatic N) is 3. The number of hydrogen-bond donors (Lipinski definition) is 0. The molecule has 0 bridgehead atoms. The van der Waals surface area contributed by atoms with Gasteiger partial charge in [0.2, 0.25) is 0 Å². The van der Waals surface area contributed by atoms with Crippen molar-refractivity contribution in [3.8, 4) is 78.7 Å². The fraction of sp³-hybridized carbons (Fsp3) is 0. The highest BCUT2D eigenvalue weighted by molar-refractivity contribution is 6.20. The Kier molecular flexibility index (Phi) is 8.28. The predicted molar refractivity (Wildman–Crippen MR) is 260 cm³/mol. The fourth-order valence-electron chi connectivity index (χ4n) is 9.04. The molecule has 0 N–H and O–H groups in total. The van der Waals surface area contributed by atoms with Crippen molar-refractivity contribution in [2.45, 2.75) is 0 Å². The normalized spacial score (nSPS) is 11.9. The van der Waals surface area contributed by atoms with Crippen LogP contribution in [0.3, 0.4) is 0 Å². The Labute approximate surface area is 367 Å². The Morgan fingerprint density at radius 3 is 1.71 bits per heavy atom. The van der Waals surface area contributed by atoms with Crippen LogP contribution in [-0.4, -0.2) is 15.0 Å². The van der Waals surface area contributed by atoms with Gasteiger partial charge in [-0.2, -0.15) is 0 Å². The van der Waals surface area contributed by atoms with Gasteiger partial charge >= 0.3 is 0 Å². The van der Waals surface area contributed by atoms with Gasteiger partial charge in [-0.05, 0) is 79.2 Å². The monoisotopic (exact) mass is 805 g/mol. The molecule has 0 fully saturated rings. The summed E-state index contributed by atoms with van der Waals surface area (Å²) in [5.74, 6) is 1.54. The number of aromatic nitrogens is 3. The van der Waals surface area contributed by atoms with Gasteiger partial charge in [0.25, 0.3) is 0 Å². The van der Waals surface area contributed by atoms with Crippen LogP contribution in [0.5, 0.6) is 0 Å². The van der Waals surface area contributed by atoms with Crippen molar-refractivity contribution in [1.82, 2.24) is 15.0 Å². The van der Waals surface area contributed by atoms with E-state index in [1.54, 1.807) is 6.07 Å². The summed E-state index contributed by atoms with van der Waals surface area (Å²) < 4.78 is 25.4. The minimum absolute atomic E-state index is 0.320. The zero-order valence-electron chi connectivity index (χ0n) is 36.0. The minimum Gasteiger partial charge on any atom is -0.455 e. The fourth-order valence-corrected chi connectivity index (χ4v) is 9.04. The van der Waals surface area contributed by atoms with Gasteiger partial charge in [-0.1, -0.05) is 200 Å². The molecule has 4 nitrogen and oxygen atoms in total. The average molecular weight is 806 g/mol. The standard InChI is InChI=1S/C59H37N3O/c1-4-17-39(18-5-1)46-35-36-50(55-49-28-14-15-30-53(49)63-56(46)55)54-45-27-13-11-22-41(45)31-34-51(54)59-61-57(42-23-8-3-9-24-42)60-58(62-59)43-32-33-48(52(37-43)40-19-6-2-7-20-40)47-29-16-25-38-21-10-12-26-44(38)47/h1-37H/i14D,36D. The third kappa shape index (κ3) is 6.36. The van der Waals surface area contributed by atoms with Crippen LogP contribution in [0.15, 0.2) is 229 Å². The molecule has 12 aromatic rings.